The topological polar surface area (TPSA) is 29.5 Å². The van der Waals surface area contributed by atoms with Crippen LogP contribution in [0.3, 0.4) is 0 Å². The summed E-state index contributed by atoms with van der Waals surface area (Å²) in [4.78, 5) is 0. The van der Waals surface area contributed by atoms with Crippen LogP contribution in [0.4, 0.5) is 0 Å². The Hall–Kier alpha value is -0.0800. The molecule has 2 atom stereocenters. The van der Waals surface area contributed by atoms with Gasteiger partial charge in [0.15, 0.2) is 0 Å². The van der Waals surface area contributed by atoms with E-state index >= 15 is 0 Å². The van der Waals surface area contributed by atoms with Crippen LogP contribution in [0.25, 0.3) is 0 Å². The van der Waals surface area contributed by atoms with E-state index in [1.54, 1.807) is 0 Å². The Labute approximate surface area is 107 Å². The fraction of sp³-hybridized carbons (Fsp3) is 1.00. The zero-order valence-corrected chi connectivity index (χ0v) is 11.8. The van der Waals surface area contributed by atoms with Gasteiger partial charge in [0.05, 0.1) is 12.2 Å². The molecule has 2 unspecified atom stereocenters. The maximum absolute atomic E-state index is 10.4. The molecule has 0 saturated heterocycles. The van der Waals surface area contributed by atoms with Crippen molar-refractivity contribution in [1.82, 2.24) is 0 Å². The molecule has 2 heteroatoms. The molecular weight excluding hydrogens is 212 g/mol. The Morgan fingerprint density at radius 3 is 2.24 bits per heavy atom. The summed E-state index contributed by atoms with van der Waals surface area (Å²) in [6.45, 7) is 7.17. The van der Waals surface area contributed by atoms with Crippen LogP contribution in [0.15, 0.2) is 0 Å². The Kier molecular flexibility index (Phi) is 7.14. The Balaban J connectivity index is 2.41. The molecule has 1 rings (SSSR count). The van der Waals surface area contributed by atoms with Crippen LogP contribution in [0.2, 0.25) is 0 Å². The molecule has 0 aliphatic heterocycles. The van der Waals surface area contributed by atoms with Crippen molar-refractivity contribution >= 4 is 0 Å². The Morgan fingerprint density at radius 2 is 1.76 bits per heavy atom. The molecule has 0 spiro atoms. The summed E-state index contributed by atoms with van der Waals surface area (Å²) in [5.41, 5.74) is 0. The molecule has 1 fully saturated rings. The van der Waals surface area contributed by atoms with Crippen LogP contribution in [0.5, 0.6) is 0 Å². The van der Waals surface area contributed by atoms with Gasteiger partial charge in [0, 0.05) is 6.61 Å². The van der Waals surface area contributed by atoms with Crippen LogP contribution in [-0.2, 0) is 4.74 Å². The maximum atomic E-state index is 10.4. The third kappa shape index (κ3) is 4.59. The fourth-order valence-electron chi connectivity index (χ4n) is 3.09. The molecule has 1 aliphatic carbocycles. The number of aliphatic hydroxyl groups excluding tert-OH is 1. The summed E-state index contributed by atoms with van der Waals surface area (Å²) in [5, 5.41) is 10.4. The lowest BCUT2D eigenvalue weighted by molar-refractivity contribution is -0.0708. The number of hydrogen-bond donors (Lipinski definition) is 1. The van der Waals surface area contributed by atoms with E-state index in [0.29, 0.717) is 12.5 Å². The molecule has 1 saturated carbocycles. The van der Waals surface area contributed by atoms with Crippen molar-refractivity contribution in [2.24, 2.45) is 11.8 Å². The zero-order valence-electron chi connectivity index (χ0n) is 11.8. The van der Waals surface area contributed by atoms with Gasteiger partial charge in [-0.25, -0.2) is 0 Å². The molecule has 0 radical (unpaired) electrons. The summed E-state index contributed by atoms with van der Waals surface area (Å²) in [6.07, 6.45) is 8.16. The Morgan fingerprint density at radius 1 is 1.12 bits per heavy atom. The average Bonchev–Trinajstić information content (AvgIpc) is 2.38. The van der Waals surface area contributed by atoms with Gasteiger partial charge in [-0.05, 0) is 38.0 Å². The number of rotatable bonds is 7. The highest BCUT2D eigenvalue weighted by molar-refractivity contribution is 4.81. The second-order valence-electron chi connectivity index (χ2n) is 5.46. The van der Waals surface area contributed by atoms with Gasteiger partial charge in [0.25, 0.3) is 0 Å². The summed E-state index contributed by atoms with van der Waals surface area (Å²) in [5.74, 6) is 1.37. The molecule has 0 heterocycles. The smallest absolute Gasteiger partial charge is 0.0836 e. The van der Waals surface area contributed by atoms with Crippen molar-refractivity contribution in [3.63, 3.8) is 0 Å². The molecule has 0 bridgehead atoms. The normalized spacial score (nSPS) is 28.9. The molecule has 0 aromatic rings. The van der Waals surface area contributed by atoms with Crippen LogP contribution < -0.4 is 0 Å². The molecule has 1 aliphatic rings. The van der Waals surface area contributed by atoms with Gasteiger partial charge < -0.3 is 9.84 Å². The predicted molar refractivity (Wildman–Crippen MR) is 72.1 cm³/mol. The van der Waals surface area contributed by atoms with Crippen molar-refractivity contribution in [1.29, 1.82) is 0 Å². The van der Waals surface area contributed by atoms with Gasteiger partial charge in [0.2, 0.25) is 0 Å². The highest BCUT2D eigenvalue weighted by Gasteiger charge is 2.30. The van der Waals surface area contributed by atoms with Crippen molar-refractivity contribution in [2.45, 2.75) is 77.9 Å². The van der Waals surface area contributed by atoms with E-state index in [4.69, 9.17) is 4.74 Å². The first kappa shape index (κ1) is 15.0. The highest BCUT2D eigenvalue weighted by Crippen LogP contribution is 2.34. The van der Waals surface area contributed by atoms with Crippen molar-refractivity contribution < 1.29 is 9.84 Å². The van der Waals surface area contributed by atoms with Crippen LogP contribution >= 0.6 is 0 Å². The van der Waals surface area contributed by atoms with Crippen LogP contribution in [-0.4, -0.2) is 23.9 Å². The van der Waals surface area contributed by atoms with E-state index in [0.717, 1.165) is 18.8 Å². The molecule has 102 valence electrons. The summed E-state index contributed by atoms with van der Waals surface area (Å²) < 4.78 is 5.70. The van der Waals surface area contributed by atoms with Crippen molar-refractivity contribution in [3.8, 4) is 0 Å². The zero-order chi connectivity index (χ0) is 12.7. The first-order valence-corrected chi connectivity index (χ1v) is 7.52. The van der Waals surface area contributed by atoms with Crippen LogP contribution in [0, 0.1) is 11.8 Å². The van der Waals surface area contributed by atoms with Crippen molar-refractivity contribution in [3.05, 3.63) is 0 Å². The highest BCUT2D eigenvalue weighted by atomic mass is 16.5. The lowest BCUT2D eigenvalue weighted by atomic mass is 9.77. The quantitative estimate of drug-likeness (QED) is 0.736. The predicted octanol–water partition coefficient (Wildman–Crippen LogP) is 3.77. The molecule has 17 heavy (non-hydrogen) atoms. The van der Waals surface area contributed by atoms with Gasteiger partial charge in [-0.1, -0.05) is 39.5 Å². The summed E-state index contributed by atoms with van der Waals surface area (Å²) >= 11 is 0. The van der Waals surface area contributed by atoms with Gasteiger partial charge in [0.1, 0.15) is 0 Å². The lowest BCUT2D eigenvalue weighted by Gasteiger charge is -2.34. The van der Waals surface area contributed by atoms with E-state index < -0.39 is 0 Å². The molecule has 1 N–H and O–H groups in total. The van der Waals surface area contributed by atoms with E-state index in [1.165, 1.54) is 32.1 Å². The first-order chi connectivity index (χ1) is 8.22. The minimum atomic E-state index is -0.243. The van der Waals surface area contributed by atoms with E-state index in [1.807, 2.05) is 6.92 Å². The molecule has 0 aromatic heterocycles. The number of hydrogen-bond acceptors (Lipinski definition) is 2. The lowest BCUT2D eigenvalue weighted by Crippen LogP contribution is -2.37. The largest absolute Gasteiger partial charge is 0.390 e. The third-order valence-electron chi connectivity index (χ3n) is 4.29. The van der Waals surface area contributed by atoms with E-state index in [-0.39, 0.29) is 12.2 Å². The minimum absolute atomic E-state index is 0.0631. The van der Waals surface area contributed by atoms with Gasteiger partial charge in [-0.15, -0.1) is 0 Å². The van der Waals surface area contributed by atoms with Gasteiger partial charge in [-0.3, -0.25) is 0 Å². The van der Waals surface area contributed by atoms with E-state index in [2.05, 4.69) is 13.8 Å². The van der Waals surface area contributed by atoms with Crippen molar-refractivity contribution in [2.75, 3.05) is 6.61 Å². The number of aliphatic hydroxyl groups is 1. The monoisotopic (exact) mass is 242 g/mol. The molecule has 0 aromatic carbocycles. The molecule has 2 nitrogen and oxygen atoms in total. The van der Waals surface area contributed by atoms with Crippen LogP contribution in [0.1, 0.15) is 65.7 Å². The van der Waals surface area contributed by atoms with Gasteiger partial charge in [-0.2, -0.15) is 0 Å². The molecular formula is C15H30O2. The summed E-state index contributed by atoms with van der Waals surface area (Å²) in [6, 6.07) is 0. The number of ether oxygens (including phenoxy) is 1. The fourth-order valence-corrected chi connectivity index (χ4v) is 3.09. The second-order valence-corrected chi connectivity index (χ2v) is 5.46. The SMILES string of the molecule is CCCC(OCC)C(O)C1CCC(CC)CC1. The average molecular weight is 242 g/mol. The van der Waals surface area contributed by atoms with Gasteiger partial charge >= 0.3 is 0 Å². The third-order valence-corrected chi connectivity index (χ3v) is 4.29. The maximum Gasteiger partial charge on any atom is 0.0836 e. The minimum Gasteiger partial charge on any atom is -0.390 e. The van der Waals surface area contributed by atoms with E-state index in [9.17, 15) is 5.11 Å². The second kappa shape index (κ2) is 8.10. The first-order valence-electron chi connectivity index (χ1n) is 7.52. The molecule has 0 amide bonds. The summed E-state index contributed by atoms with van der Waals surface area (Å²) in [7, 11) is 0. The standard InChI is InChI=1S/C15H30O2/c1-4-7-14(17-6-3)15(16)13-10-8-12(5-2)9-11-13/h12-16H,4-11H2,1-3H3. The Bertz CT molecular complexity index is 179.